The van der Waals surface area contributed by atoms with Gasteiger partial charge in [-0.3, -0.25) is 20.0 Å². The summed E-state index contributed by atoms with van der Waals surface area (Å²) >= 11 is 3.00. The average Bonchev–Trinajstić information content (AvgIpc) is 3.43. The van der Waals surface area contributed by atoms with Crippen molar-refractivity contribution in [2.45, 2.75) is 19.9 Å². The number of anilines is 1. The quantitative estimate of drug-likeness (QED) is 0.527. The molecule has 0 spiro atoms. The minimum Gasteiger partial charge on any atom is -0.299 e. The Kier molecular flexibility index (Phi) is 4.83. The molecule has 0 aliphatic carbocycles. The van der Waals surface area contributed by atoms with E-state index in [2.05, 4.69) is 27.3 Å². The Labute approximate surface area is 176 Å². The van der Waals surface area contributed by atoms with Crippen molar-refractivity contribution < 1.29 is 4.79 Å². The third-order valence-corrected chi connectivity index (χ3v) is 7.05. The highest BCUT2D eigenvalue weighted by atomic mass is 32.1. The molecular formula is C21H19N5OS2. The largest absolute Gasteiger partial charge is 0.299 e. The number of nitrogens with one attached hydrogen (secondary N) is 1. The second-order valence-corrected chi connectivity index (χ2v) is 8.82. The van der Waals surface area contributed by atoms with Crippen molar-refractivity contribution in [2.24, 2.45) is 0 Å². The molecule has 0 radical (unpaired) electrons. The molecule has 0 atom stereocenters. The Hall–Kier alpha value is -2.68. The summed E-state index contributed by atoms with van der Waals surface area (Å²) in [6, 6.07) is 11.8. The second kappa shape index (κ2) is 7.62. The third-order valence-electron chi connectivity index (χ3n) is 5.18. The highest BCUT2D eigenvalue weighted by Crippen LogP contribution is 2.32. The maximum absolute atomic E-state index is 13.4. The van der Waals surface area contributed by atoms with Crippen LogP contribution in [0.5, 0.6) is 0 Å². The maximum Gasteiger partial charge on any atom is 0.258 e. The molecule has 5 rings (SSSR count). The number of para-hydroxylation sites is 1. The van der Waals surface area contributed by atoms with Gasteiger partial charge >= 0.3 is 0 Å². The summed E-state index contributed by atoms with van der Waals surface area (Å²) in [6.45, 7) is 4.81. The van der Waals surface area contributed by atoms with E-state index in [1.165, 1.54) is 11.3 Å². The Morgan fingerprint density at radius 3 is 2.93 bits per heavy atom. The SMILES string of the molecule is CCN1CCc2nc3ccccc3c(C(=O)Nc3nnc(-c4cccs4)s3)c2C1. The van der Waals surface area contributed by atoms with E-state index in [0.29, 0.717) is 10.7 Å². The van der Waals surface area contributed by atoms with Crippen LogP contribution in [0, 0.1) is 0 Å². The van der Waals surface area contributed by atoms with Crippen LogP contribution in [0.15, 0.2) is 41.8 Å². The van der Waals surface area contributed by atoms with Gasteiger partial charge < -0.3 is 0 Å². The predicted octanol–water partition coefficient (Wildman–Crippen LogP) is 4.45. The van der Waals surface area contributed by atoms with Crippen molar-refractivity contribution in [2.75, 3.05) is 18.4 Å². The van der Waals surface area contributed by atoms with Crippen molar-refractivity contribution >= 4 is 44.6 Å². The summed E-state index contributed by atoms with van der Waals surface area (Å²) in [5, 5.41) is 15.6. The van der Waals surface area contributed by atoms with Crippen LogP contribution in [0.25, 0.3) is 20.8 Å². The molecule has 1 aliphatic heterocycles. The fourth-order valence-corrected chi connectivity index (χ4v) is 5.24. The van der Waals surface area contributed by atoms with E-state index < -0.39 is 0 Å². The van der Waals surface area contributed by atoms with Gasteiger partial charge in [0.15, 0.2) is 5.01 Å². The molecule has 8 heteroatoms. The van der Waals surface area contributed by atoms with Crippen LogP contribution in [0.2, 0.25) is 0 Å². The molecule has 0 fully saturated rings. The number of benzene rings is 1. The molecule has 1 aliphatic rings. The second-order valence-electron chi connectivity index (χ2n) is 6.89. The van der Waals surface area contributed by atoms with E-state index in [9.17, 15) is 4.79 Å². The zero-order valence-corrected chi connectivity index (χ0v) is 17.5. The van der Waals surface area contributed by atoms with Crippen LogP contribution < -0.4 is 5.32 Å². The molecule has 146 valence electrons. The van der Waals surface area contributed by atoms with E-state index in [1.807, 2.05) is 41.8 Å². The molecule has 1 aromatic carbocycles. The van der Waals surface area contributed by atoms with Crippen molar-refractivity contribution in [1.82, 2.24) is 20.1 Å². The first-order chi connectivity index (χ1) is 14.2. The number of carbonyl (C=O) groups excluding carboxylic acids is 1. The van der Waals surface area contributed by atoms with Gasteiger partial charge in [-0.25, -0.2) is 0 Å². The Balaban J connectivity index is 1.54. The summed E-state index contributed by atoms with van der Waals surface area (Å²) in [7, 11) is 0. The monoisotopic (exact) mass is 421 g/mol. The lowest BCUT2D eigenvalue weighted by molar-refractivity contribution is 0.102. The smallest absolute Gasteiger partial charge is 0.258 e. The zero-order chi connectivity index (χ0) is 19.8. The van der Waals surface area contributed by atoms with Crippen LogP contribution in [0.3, 0.4) is 0 Å². The number of nitrogens with zero attached hydrogens (tertiary/aromatic N) is 4. The van der Waals surface area contributed by atoms with Gasteiger partial charge in [0, 0.05) is 36.2 Å². The molecule has 1 N–H and O–H groups in total. The summed E-state index contributed by atoms with van der Waals surface area (Å²) in [6.07, 6.45) is 0.857. The molecule has 0 saturated carbocycles. The number of fused-ring (bicyclic) bond motifs is 2. The number of pyridine rings is 1. The molecule has 0 bridgehead atoms. The predicted molar refractivity (Wildman–Crippen MR) is 118 cm³/mol. The highest BCUT2D eigenvalue weighted by molar-refractivity contribution is 7.23. The summed E-state index contributed by atoms with van der Waals surface area (Å²) in [5.41, 5.74) is 3.61. The Morgan fingerprint density at radius 1 is 1.21 bits per heavy atom. The molecule has 4 heterocycles. The molecule has 3 aromatic heterocycles. The molecular weight excluding hydrogens is 402 g/mol. The first kappa shape index (κ1) is 18.4. The number of thiophene rings is 1. The fraction of sp³-hybridized carbons (Fsp3) is 0.238. The zero-order valence-electron chi connectivity index (χ0n) is 15.9. The summed E-state index contributed by atoms with van der Waals surface area (Å²) in [5.74, 6) is -0.147. The standard InChI is InChI=1S/C21H19N5OS2/c1-2-26-10-9-16-14(12-26)18(13-6-3-4-7-15(13)22-16)19(27)23-21-25-24-20(29-21)17-8-5-11-28-17/h3-8,11H,2,9-10,12H2,1H3,(H,23,25,27). The van der Waals surface area contributed by atoms with Crippen LogP contribution in [-0.4, -0.2) is 39.1 Å². The third kappa shape index (κ3) is 3.43. The van der Waals surface area contributed by atoms with Crippen LogP contribution in [-0.2, 0) is 13.0 Å². The van der Waals surface area contributed by atoms with E-state index in [0.717, 1.165) is 58.1 Å². The number of likely N-dealkylation sites (N-methyl/N-ethyl adjacent to an activating group) is 1. The first-order valence-electron chi connectivity index (χ1n) is 9.54. The van der Waals surface area contributed by atoms with Gasteiger partial charge in [0.2, 0.25) is 5.13 Å². The van der Waals surface area contributed by atoms with Gasteiger partial charge in [0.05, 0.1) is 16.0 Å². The van der Waals surface area contributed by atoms with E-state index in [1.54, 1.807) is 11.3 Å². The van der Waals surface area contributed by atoms with Gasteiger partial charge in [-0.2, -0.15) is 0 Å². The number of aromatic nitrogens is 3. The average molecular weight is 422 g/mol. The topological polar surface area (TPSA) is 71.0 Å². The van der Waals surface area contributed by atoms with Crippen molar-refractivity contribution in [3.8, 4) is 9.88 Å². The number of hydrogen-bond acceptors (Lipinski definition) is 7. The molecule has 4 aromatic rings. The molecule has 0 saturated heterocycles. The van der Waals surface area contributed by atoms with E-state index >= 15 is 0 Å². The van der Waals surface area contributed by atoms with Crippen molar-refractivity contribution in [3.63, 3.8) is 0 Å². The van der Waals surface area contributed by atoms with E-state index in [4.69, 9.17) is 4.98 Å². The van der Waals surface area contributed by atoms with Gasteiger partial charge in [-0.1, -0.05) is 42.5 Å². The summed E-state index contributed by atoms with van der Waals surface area (Å²) < 4.78 is 0. The number of carbonyl (C=O) groups is 1. The van der Waals surface area contributed by atoms with Crippen molar-refractivity contribution in [1.29, 1.82) is 0 Å². The van der Waals surface area contributed by atoms with Crippen molar-refractivity contribution in [3.05, 3.63) is 58.6 Å². The fourth-order valence-electron chi connectivity index (χ4n) is 3.71. The highest BCUT2D eigenvalue weighted by Gasteiger charge is 2.26. The van der Waals surface area contributed by atoms with E-state index in [-0.39, 0.29) is 5.91 Å². The lowest BCUT2D eigenvalue weighted by Gasteiger charge is -2.29. The normalized spacial score (nSPS) is 14.1. The molecule has 29 heavy (non-hydrogen) atoms. The molecule has 1 amide bonds. The van der Waals surface area contributed by atoms with Crippen LogP contribution in [0.1, 0.15) is 28.5 Å². The lowest BCUT2D eigenvalue weighted by atomic mass is 9.95. The lowest BCUT2D eigenvalue weighted by Crippen LogP contribution is -2.33. The maximum atomic E-state index is 13.4. The Morgan fingerprint density at radius 2 is 2.10 bits per heavy atom. The minimum absolute atomic E-state index is 0.147. The van der Waals surface area contributed by atoms with Gasteiger partial charge in [-0.05, 0) is 24.1 Å². The first-order valence-corrected chi connectivity index (χ1v) is 11.2. The number of hydrogen-bond donors (Lipinski definition) is 1. The molecule has 6 nitrogen and oxygen atoms in total. The number of amides is 1. The van der Waals surface area contributed by atoms with Gasteiger partial charge in [-0.15, -0.1) is 21.5 Å². The van der Waals surface area contributed by atoms with Crippen LogP contribution >= 0.6 is 22.7 Å². The van der Waals surface area contributed by atoms with Crippen LogP contribution in [0.4, 0.5) is 5.13 Å². The minimum atomic E-state index is -0.147. The molecule has 0 unspecified atom stereocenters. The van der Waals surface area contributed by atoms with Gasteiger partial charge in [0.1, 0.15) is 0 Å². The Bertz CT molecular complexity index is 1190. The number of rotatable bonds is 4. The summed E-state index contributed by atoms with van der Waals surface area (Å²) in [4.78, 5) is 21.6. The van der Waals surface area contributed by atoms with Gasteiger partial charge in [0.25, 0.3) is 5.91 Å².